The van der Waals surface area contributed by atoms with Crippen molar-refractivity contribution in [1.82, 2.24) is 9.97 Å². The predicted molar refractivity (Wildman–Crippen MR) is 75.6 cm³/mol. The number of rotatable bonds is 3. The maximum Gasteiger partial charge on any atom is 0.322 e. The van der Waals surface area contributed by atoms with Gasteiger partial charge < -0.3 is 14.2 Å². The number of hydrogen-bond acceptors (Lipinski definition) is 5. The van der Waals surface area contributed by atoms with E-state index < -0.39 is 12.1 Å². The minimum Gasteiger partial charge on any atom is -0.421 e. The van der Waals surface area contributed by atoms with Crippen molar-refractivity contribution in [2.45, 2.75) is 13.2 Å². The second-order valence-corrected chi connectivity index (χ2v) is 5.28. The van der Waals surface area contributed by atoms with Crippen LogP contribution in [0.2, 0.25) is 0 Å². The fraction of sp³-hybridized carbons (Fsp3) is 0.286. The van der Waals surface area contributed by atoms with Gasteiger partial charge in [0.25, 0.3) is 0 Å². The maximum absolute atomic E-state index is 14.6. The fourth-order valence-corrected chi connectivity index (χ4v) is 2.44. The Morgan fingerprint density at radius 2 is 2.05 bits per heavy atom. The highest BCUT2D eigenvalue weighted by molar-refractivity contribution is 9.10. The molecule has 1 fully saturated rings. The molecule has 0 saturated carbocycles. The Morgan fingerprint density at radius 3 is 2.76 bits per heavy atom. The van der Waals surface area contributed by atoms with Crippen molar-refractivity contribution in [3.8, 4) is 11.8 Å². The van der Waals surface area contributed by atoms with E-state index in [2.05, 4.69) is 25.9 Å². The van der Waals surface area contributed by atoms with Gasteiger partial charge in [0.05, 0.1) is 18.8 Å². The number of halogens is 2. The first-order valence-corrected chi connectivity index (χ1v) is 7.13. The van der Waals surface area contributed by atoms with Crippen LogP contribution in [0.3, 0.4) is 0 Å². The van der Waals surface area contributed by atoms with Gasteiger partial charge in [0, 0.05) is 16.4 Å². The Hall–Kier alpha value is -1.57. The van der Waals surface area contributed by atoms with Crippen molar-refractivity contribution in [1.29, 1.82) is 0 Å². The van der Waals surface area contributed by atoms with Crippen LogP contribution >= 0.6 is 15.9 Å². The molecule has 2 heterocycles. The van der Waals surface area contributed by atoms with Gasteiger partial charge in [-0.25, -0.2) is 14.4 Å². The van der Waals surface area contributed by atoms with E-state index in [0.29, 0.717) is 17.7 Å². The topological polar surface area (TPSA) is 53.5 Å². The fourth-order valence-electron chi connectivity index (χ4n) is 1.94. The average molecular weight is 355 g/mol. The van der Waals surface area contributed by atoms with Gasteiger partial charge in [-0.15, -0.1) is 0 Å². The van der Waals surface area contributed by atoms with Crippen LogP contribution in [0.4, 0.5) is 4.39 Å². The molecule has 1 saturated heterocycles. The summed E-state index contributed by atoms with van der Waals surface area (Å²) in [5.41, 5.74) is 1.01. The van der Waals surface area contributed by atoms with Gasteiger partial charge in [-0.1, -0.05) is 15.9 Å². The molecule has 0 bridgehead atoms. The summed E-state index contributed by atoms with van der Waals surface area (Å²) in [5.74, 6) is -0.528. The molecule has 0 atom stereocenters. The summed E-state index contributed by atoms with van der Waals surface area (Å²) in [6.45, 7) is 2.67. The lowest BCUT2D eigenvalue weighted by Gasteiger charge is -2.15. The van der Waals surface area contributed by atoms with E-state index >= 15 is 0 Å². The summed E-state index contributed by atoms with van der Waals surface area (Å²) in [4.78, 5) is 8.04. The smallest absolute Gasteiger partial charge is 0.322 e. The second kappa shape index (κ2) is 6.05. The molecule has 1 aromatic heterocycles. The molecule has 5 nitrogen and oxygen atoms in total. The van der Waals surface area contributed by atoms with E-state index in [1.807, 2.05) is 0 Å². The van der Waals surface area contributed by atoms with E-state index in [-0.39, 0.29) is 17.3 Å². The Balaban J connectivity index is 1.94. The minimum absolute atomic E-state index is 0.0258. The van der Waals surface area contributed by atoms with Gasteiger partial charge in [0.15, 0.2) is 17.9 Å². The highest BCUT2D eigenvalue weighted by atomic mass is 79.9. The molecule has 0 N–H and O–H groups in total. The molecule has 0 spiro atoms. The van der Waals surface area contributed by atoms with Crippen LogP contribution in [0.25, 0.3) is 0 Å². The quantitative estimate of drug-likeness (QED) is 0.843. The van der Waals surface area contributed by atoms with Crippen molar-refractivity contribution in [3.63, 3.8) is 0 Å². The Morgan fingerprint density at radius 1 is 1.29 bits per heavy atom. The summed E-state index contributed by atoms with van der Waals surface area (Å²) >= 11 is 3.30. The van der Waals surface area contributed by atoms with E-state index in [1.54, 1.807) is 25.3 Å². The zero-order valence-corrected chi connectivity index (χ0v) is 12.8. The summed E-state index contributed by atoms with van der Waals surface area (Å²) < 4.78 is 31.3. The number of ether oxygens (including phenoxy) is 3. The van der Waals surface area contributed by atoms with Gasteiger partial charge in [-0.05, 0) is 25.1 Å². The third-order valence-electron chi connectivity index (χ3n) is 2.92. The number of nitrogens with zero attached hydrogens (tertiary/aromatic N) is 2. The van der Waals surface area contributed by atoms with E-state index in [0.717, 1.165) is 5.69 Å². The molecule has 1 aliphatic rings. The Labute approximate surface area is 129 Å². The molecular formula is C14H12BrFN2O3. The first-order chi connectivity index (χ1) is 10.1. The van der Waals surface area contributed by atoms with Crippen molar-refractivity contribution in [2.75, 3.05) is 13.2 Å². The lowest BCUT2D eigenvalue weighted by molar-refractivity contribution is -0.0472. The van der Waals surface area contributed by atoms with Gasteiger partial charge >= 0.3 is 6.01 Å². The zero-order valence-electron chi connectivity index (χ0n) is 11.2. The molecule has 110 valence electrons. The molecule has 0 amide bonds. The van der Waals surface area contributed by atoms with Gasteiger partial charge in [0.1, 0.15) is 0 Å². The predicted octanol–water partition coefficient (Wildman–Crippen LogP) is 3.52. The second-order valence-electron chi connectivity index (χ2n) is 4.43. The third kappa shape index (κ3) is 3.04. The van der Waals surface area contributed by atoms with Crippen molar-refractivity contribution in [2.24, 2.45) is 0 Å². The van der Waals surface area contributed by atoms with Gasteiger partial charge in [-0.2, -0.15) is 0 Å². The standard InChI is InChI=1S/C14H12BrFN2O3/c1-8-4-5-17-14(18-8)21-10-3-2-9(15)11(12(10)16)13-19-6-7-20-13/h2-5,13H,6-7H2,1H3. The summed E-state index contributed by atoms with van der Waals surface area (Å²) in [7, 11) is 0. The average Bonchev–Trinajstić information content (AvgIpc) is 2.96. The first kappa shape index (κ1) is 14.4. The molecule has 3 rings (SSSR count). The lowest BCUT2D eigenvalue weighted by atomic mass is 10.2. The maximum atomic E-state index is 14.6. The molecule has 21 heavy (non-hydrogen) atoms. The first-order valence-electron chi connectivity index (χ1n) is 6.34. The number of aryl methyl sites for hydroxylation is 1. The minimum atomic E-state index is -0.735. The SMILES string of the molecule is Cc1ccnc(Oc2ccc(Br)c(C3OCCO3)c2F)n1. The zero-order chi connectivity index (χ0) is 14.8. The van der Waals surface area contributed by atoms with Crippen LogP contribution in [0, 0.1) is 12.7 Å². The molecule has 1 aliphatic heterocycles. The highest BCUT2D eigenvalue weighted by Gasteiger charge is 2.27. The molecule has 1 aromatic carbocycles. The van der Waals surface area contributed by atoms with Crippen LogP contribution in [0.15, 0.2) is 28.9 Å². The van der Waals surface area contributed by atoms with E-state index in [9.17, 15) is 4.39 Å². The van der Waals surface area contributed by atoms with Crippen LogP contribution in [-0.4, -0.2) is 23.2 Å². The van der Waals surface area contributed by atoms with Crippen LogP contribution in [0.5, 0.6) is 11.8 Å². The summed E-state index contributed by atoms with van der Waals surface area (Å²) in [5, 5.41) is 0. The van der Waals surface area contributed by atoms with Crippen LogP contribution in [-0.2, 0) is 9.47 Å². The van der Waals surface area contributed by atoms with E-state index in [1.165, 1.54) is 6.07 Å². The monoisotopic (exact) mass is 354 g/mol. The Bertz CT molecular complexity index is 663. The molecule has 0 radical (unpaired) electrons. The number of aromatic nitrogens is 2. The van der Waals surface area contributed by atoms with Crippen LogP contribution < -0.4 is 4.74 Å². The third-order valence-corrected chi connectivity index (χ3v) is 3.61. The molecule has 0 aliphatic carbocycles. The number of benzene rings is 1. The molecule has 2 aromatic rings. The molecule has 0 unspecified atom stereocenters. The lowest BCUT2D eigenvalue weighted by Crippen LogP contribution is -2.05. The largest absolute Gasteiger partial charge is 0.421 e. The van der Waals surface area contributed by atoms with Gasteiger partial charge in [0.2, 0.25) is 0 Å². The van der Waals surface area contributed by atoms with Gasteiger partial charge in [-0.3, -0.25) is 0 Å². The van der Waals surface area contributed by atoms with E-state index in [4.69, 9.17) is 14.2 Å². The van der Waals surface area contributed by atoms with Crippen molar-refractivity contribution < 1.29 is 18.6 Å². The Kier molecular flexibility index (Phi) is 4.14. The molecular weight excluding hydrogens is 343 g/mol. The normalized spacial score (nSPS) is 15.4. The number of hydrogen-bond donors (Lipinski definition) is 0. The summed E-state index contributed by atoms with van der Waals surface area (Å²) in [6, 6.07) is 5.00. The van der Waals surface area contributed by atoms with Crippen molar-refractivity contribution >= 4 is 15.9 Å². The van der Waals surface area contributed by atoms with Crippen molar-refractivity contribution in [3.05, 3.63) is 45.9 Å². The highest BCUT2D eigenvalue weighted by Crippen LogP contribution is 2.37. The van der Waals surface area contributed by atoms with Crippen LogP contribution in [0.1, 0.15) is 17.5 Å². The molecule has 7 heteroatoms. The summed E-state index contributed by atoms with van der Waals surface area (Å²) in [6.07, 6.45) is 0.819.